The van der Waals surface area contributed by atoms with Gasteiger partial charge in [-0.05, 0) is 61.3 Å². The van der Waals surface area contributed by atoms with Gasteiger partial charge in [-0.15, -0.1) is 0 Å². The Hall–Kier alpha value is -1.57. The largest absolute Gasteiger partial charge is 0.443 e. The van der Waals surface area contributed by atoms with Gasteiger partial charge in [-0.2, -0.15) is 0 Å². The molecule has 0 spiro atoms. The molecule has 144 valence electrons. The highest BCUT2D eigenvalue weighted by atomic mass is 32.1. The second-order valence-corrected chi connectivity index (χ2v) is 8.59. The first-order valence-corrected chi connectivity index (χ1v) is 9.01. The van der Waals surface area contributed by atoms with Crippen molar-refractivity contribution in [2.45, 2.75) is 78.6 Å². The molecule has 0 radical (unpaired) electrons. The van der Waals surface area contributed by atoms with Crippen molar-refractivity contribution in [3.63, 3.8) is 0 Å². The lowest BCUT2D eigenvalue weighted by molar-refractivity contribution is -0.00234. The summed E-state index contributed by atoms with van der Waals surface area (Å²) in [6.45, 7) is 14.0. The van der Waals surface area contributed by atoms with E-state index in [-0.39, 0.29) is 0 Å². The molecule has 1 aliphatic heterocycles. The fourth-order valence-corrected chi connectivity index (χ4v) is 2.61. The summed E-state index contributed by atoms with van der Waals surface area (Å²) in [6, 6.07) is -0.532. The average molecular weight is 374 g/mol. The number of likely N-dealkylation sites (tertiary alicyclic amines) is 1. The fourth-order valence-electron chi connectivity index (χ4n) is 2.32. The highest BCUT2D eigenvalue weighted by molar-refractivity contribution is 7.80. The minimum atomic E-state index is -0.727. The van der Waals surface area contributed by atoms with Crippen LogP contribution in [-0.4, -0.2) is 57.4 Å². The van der Waals surface area contributed by atoms with Gasteiger partial charge in [-0.1, -0.05) is 12.2 Å². The van der Waals surface area contributed by atoms with Gasteiger partial charge in [0.15, 0.2) is 0 Å². The molecule has 1 aliphatic rings. The second-order valence-electron chi connectivity index (χ2n) is 8.17. The number of nitrogens with one attached hydrogen (secondary N) is 1. The van der Waals surface area contributed by atoms with Crippen LogP contribution in [0.3, 0.4) is 0 Å². The zero-order valence-corrected chi connectivity index (χ0v) is 17.2. The first-order valence-electron chi connectivity index (χ1n) is 8.61. The molecule has 1 rings (SSSR count). The van der Waals surface area contributed by atoms with E-state index >= 15 is 0 Å². The molecule has 0 aromatic heterocycles. The van der Waals surface area contributed by atoms with Gasteiger partial charge in [0.1, 0.15) is 22.2 Å². The van der Waals surface area contributed by atoms with Crippen molar-refractivity contribution in [3.8, 4) is 0 Å². The highest BCUT2D eigenvalue weighted by Gasteiger charge is 2.33. The summed E-state index contributed by atoms with van der Waals surface area (Å²) in [5.41, 5.74) is 1.11. The Morgan fingerprint density at radius 2 is 1.52 bits per heavy atom. The predicted octanol–water partition coefficient (Wildman–Crippen LogP) is 3.47. The maximum absolute atomic E-state index is 12.6. The fraction of sp³-hybridized carbons (Fsp3) is 0.824. The van der Waals surface area contributed by atoms with E-state index in [1.807, 2.05) is 4.90 Å². The Kier molecular flexibility index (Phi) is 7.05. The van der Waals surface area contributed by atoms with Crippen LogP contribution in [0.4, 0.5) is 9.59 Å². The Morgan fingerprint density at radius 3 is 1.96 bits per heavy atom. The molecule has 1 N–H and O–H groups in total. The molecular formula is C17H31N3O4S. The van der Waals surface area contributed by atoms with Crippen molar-refractivity contribution in [3.05, 3.63) is 0 Å². The molecule has 1 unspecified atom stereocenters. The van der Waals surface area contributed by atoms with Crippen LogP contribution in [-0.2, 0) is 9.47 Å². The van der Waals surface area contributed by atoms with Crippen LogP contribution >= 0.6 is 12.2 Å². The number of amides is 2. The van der Waals surface area contributed by atoms with E-state index in [0.717, 1.165) is 30.9 Å². The van der Waals surface area contributed by atoms with Crippen LogP contribution < -0.4 is 5.43 Å². The zero-order chi connectivity index (χ0) is 19.4. The summed E-state index contributed by atoms with van der Waals surface area (Å²) >= 11 is 5.52. The third kappa shape index (κ3) is 7.46. The molecule has 7 nitrogen and oxygen atoms in total. The van der Waals surface area contributed by atoms with Gasteiger partial charge in [-0.25, -0.2) is 20.0 Å². The Morgan fingerprint density at radius 1 is 1.04 bits per heavy atom. The molecule has 0 aromatic rings. The monoisotopic (exact) mass is 373 g/mol. The third-order valence-electron chi connectivity index (χ3n) is 3.36. The smallest absolute Gasteiger partial charge is 0.429 e. The average Bonchev–Trinajstić information content (AvgIpc) is 2.93. The van der Waals surface area contributed by atoms with Gasteiger partial charge in [0.25, 0.3) is 0 Å². The standard InChI is InChI=1S/C17H31N3O4S/c1-12(13(25)19-10-8-9-11-19)20(15(22)24-17(5,6)7)18-14(21)23-16(2,3)4/h12H,8-11H2,1-7H3,(H,18,21). The van der Waals surface area contributed by atoms with Crippen molar-refractivity contribution in [2.24, 2.45) is 0 Å². The number of hydrogen-bond donors (Lipinski definition) is 1. The predicted molar refractivity (Wildman–Crippen MR) is 100 cm³/mol. The molecule has 0 aromatic carbocycles. The number of nitrogens with zero attached hydrogens (tertiary/aromatic N) is 2. The molecule has 1 atom stereocenters. The second kappa shape index (κ2) is 8.21. The number of carbonyl (C=O) groups is 2. The molecule has 1 saturated heterocycles. The number of rotatable bonds is 2. The van der Waals surface area contributed by atoms with Crippen LogP contribution in [0.25, 0.3) is 0 Å². The van der Waals surface area contributed by atoms with Crippen LogP contribution in [0.2, 0.25) is 0 Å². The van der Waals surface area contributed by atoms with Crippen LogP contribution in [0.15, 0.2) is 0 Å². The highest BCUT2D eigenvalue weighted by Crippen LogP contribution is 2.16. The SMILES string of the molecule is CC(C(=S)N1CCCC1)N(NC(=O)OC(C)(C)C)C(=O)OC(C)(C)C. The van der Waals surface area contributed by atoms with Crippen molar-refractivity contribution in [1.29, 1.82) is 0 Å². The minimum absolute atomic E-state index is 0.532. The summed E-state index contributed by atoms with van der Waals surface area (Å²) in [7, 11) is 0. The van der Waals surface area contributed by atoms with E-state index in [2.05, 4.69) is 5.43 Å². The maximum Gasteiger partial charge on any atom is 0.429 e. The summed E-state index contributed by atoms with van der Waals surface area (Å²) in [5.74, 6) is 0. The zero-order valence-electron chi connectivity index (χ0n) is 16.3. The maximum atomic E-state index is 12.6. The van der Waals surface area contributed by atoms with E-state index in [9.17, 15) is 9.59 Å². The lowest BCUT2D eigenvalue weighted by Crippen LogP contribution is -2.57. The quantitative estimate of drug-likeness (QED) is 0.590. The van der Waals surface area contributed by atoms with Crippen molar-refractivity contribution < 1.29 is 19.1 Å². The van der Waals surface area contributed by atoms with Crippen LogP contribution in [0, 0.1) is 0 Å². The molecule has 8 heteroatoms. The lowest BCUT2D eigenvalue weighted by atomic mass is 10.2. The minimum Gasteiger partial charge on any atom is -0.443 e. The lowest BCUT2D eigenvalue weighted by Gasteiger charge is -2.34. The van der Waals surface area contributed by atoms with Crippen molar-refractivity contribution in [2.75, 3.05) is 13.1 Å². The van der Waals surface area contributed by atoms with E-state index in [1.165, 1.54) is 0 Å². The Bertz CT molecular complexity index is 505. The van der Waals surface area contributed by atoms with Gasteiger partial charge < -0.3 is 14.4 Å². The van der Waals surface area contributed by atoms with E-state index in [1.54, 1.807) is 48.5 Å². The van der Waals surface area contributed by atoms with Gasteiger partial charge in [-0.3, -0.25) is 0 Å². The van der Waals surface area contributed by atoms with E-state index < -0.39 is 29.4 Å². The van der Waals surface area contributed by atoms with E-state index in [0.29, 0.717) is 4.99 Å². The molecule has 0 saturated carbocycles. The number of ether oxygens (including phenoxy) is 2. The van der Waals surface area contributed by atoms with Gasteiger partial charge in [0.05, 0.1) is 0 Å². The molecule has 1 fully saturated rings. The number of carbonyl (C=O) groups excluding carboxylic acids is 2. The topological polar surface area (TPSA) is 71.1 Å². The van der Waals surface area contributed by atoms with Crippen LogP contribution in [0.1, 0.15) is 61.3 Å². The van der Waals surface area contributed by atoms with Crippen molar-refractivity contribution in [1.82, 2.24) is 15.3 Å². The van der Waals surface area contributed by atoms with Gasteiger partial charge >= 0.3 is 12.2 Å². The molecular weight excluding hydrogens is 342 g/mol. The Labute approximate surface area is 156 Å². The van der Waals surface area contributed by atoms with Crippen molar-refractivity contribution >= 4 is 29.4 Å². The summed E-state index contributed by atoms with van der Waals surface area (Å²) in [4.78, 5) is 27.4. The number of thiocarbonyl (C=S) groups is 1. The van der Waals surface area contributed by atoms with Gasteiger partial charge in [0, 0.05) is 13.1 Å². The summed E-state index contributed by atoms with van der Waals surface area (Å²) in [6.07, 6.45) is 0.735. The molecule has 2 amide bonds. The molecule has 1 heterocycles. The van der Waals surface area contributed by atoms with Crippen LogP contribution in [0.5, 0.6) is 0 Å². The molecule has 0 aliphatic carbocycles. The number of hydrazine groups is 1. The first kappa shape index (κ1) is 21.5. The van der Waals surface area contributed by atoms with Gasteiger partial charge in [0.2, 0.25) is 0 Å². The first-order chi connectivity index (χ1) is 11.3. The Balaban J connectivity index is 2.91. The molecule has 25 heavy (non-hydrogen) atoms. The third-order valence-corrected chi connectivity index (χ3v) is 3.96. The molecule has 0 bridgehead atoms. The summed E-state index contributed by atoms with van der Waals surface area (Å²) < 4.78 is 10.7. The summed E-state index contributed by atoms with van der Waals surface area (Å²) in [5, 5.41) is 1.11. The normalized spacial score (nSPS) is 16.2. The van der Waals surface area contributed by atoms with E-state index in [4.69, 9.17) is 21.7 Å². The number of hydrogen-bond acceptors (Lipinski definition) is 5.